The molecule has 2 rings (SSSR count). The molecule has 1 heterocycles. The molecule has 1 fully saturated rings. The van der Waals surface area contributed by atoms with Gasteiger partial charge in [0.25, 0.3) is 0 Å². The van der Waals surface area contributed by atoms with Crippen molar-refractivity contribution in [1.29, 1.82) is 0 Å². The first-order valence-electron chi connectivity index (χ1n) is 7.04. The van der Waals surface area contributed by atoms with Gasteiger partial charge in [0.15, 0.2) is 0 Å². The lowest BCUT2D eigenvalue weighted by atomic mass is 10.0. The van der Waals surface area contributed by atoms with Crippen molar-refractivity contribution < 1.29 is 8.78 Å². The Labute approximate surface area is 113 Å². The number of halogens is 2. The first-order valence-corrected chi connectivity index (χ1v) is 7.04. The molecule has 1 aliphatic heterocycles. The maximum absolute atomic E-state index is 13.3. The zero-order valence-electron chi connectivity index (χ0n) is 11.6. The highest BCUT2D eigenvalue weighted by Gasteiger charge is 2.26. The molecule has 1 aromatic carbocycles. The van der Waals surface area contributed by atoms with Gasteiger partial charge in [-0.25, -0.2) is 8.78 Å². The molecule has 0 aromatic heterocycles. The van der Waals surface area contributed by atoms with E-state index in [4.69, 9.17) is 0 Å². The van der Waals surface area contributed by atoms with Crippen molar-refractivity contribution in [2.75, 3.05) is 19.6 Å². The lowest BCUT2D eigenvalue weighted by molar-refractivity contribution is 0.153. The minimum absolute atomic E-state index is 0.0371. The first kappa shape index (κ1) is 14.4. The van der Waals surface area contributed by atoms with E-state index in [0.29, 0.717) is 6.04 Å². The Morgan fingerprint density at radius 1 is 1.32 bits per heavy atom. The van der Waals surface area contributed by atoms with E-state index in [9.17, 15) is 8.78 Å². The summed E-state index contributed by atoms with van der Waals surface area (Å²) in [5, 5.41) is 3.35. The molecular weight excluding hydrogens is 246 g/mol. The molecule has 2 atom stereocenters. The minimum atomic E-state index is -0.497. The Hall–Kier alpha value is -1.00. The van der Waals surface area contributed by atoms with Crippen LogP contribution in [0.15, 0.2) is 18.2 Å². The number of nitrogens with one attached hydrogen (secondary N) is 1. The summed E-state index contributed by atoms with van der Waals surface area (Å²) in [7, 11) is 0. The third-order valence-electron chi connectivity index (χ3n) is 3.85. The summed E-state index contributed by atoms with van der Waals surface area (Å²) >= 11 is 0. The van der Waals surface area contributed by atoms with E-state index >= 15 is 0 Å². The smallest absolute Gasteiger partial charge is 0.126 e. The van der Waals surface area contributed by atoms with Gasteiger partial charge in [0, 0.05) is 24.7 Å². The standard InChI is InChI=1S/C15H22F2N2/c1-3-6-19(15-4-5-18-10-15)11(2)12-7-13(16)9-14(17)8-12/h7-9,11,15,18H,3-6,10H2,1-2H3. The van der Waals surface area contributed by atoms with Crippen molar-refractivity contribution in [2.45, 2.75) is 38.8 Å². The van der Waals surface area contributed by atoms with E-state index in [0.717, 1.165) is 44.1 Å². The van der Waals surface area contributed by atoms with Crippen LogP contribution in [0.3, 0.4) is 0 Å². The third kappa shape index (κ3) is 3.51. The third-order valence-corrected chi connectivity index (χ3v) is 3.85. The summed E-state index contributed by atoms with van der Waals surface area (Å²) in [4.78, 5) is 2.36. The lowest BCUT2D eigenvalue weighted by Gasteiger charge is -2.34. The van der Waals surface area contributed by atoms with E-state index < -0.39 is 11.6 Å². The molecule has 106 valence electrons. The summed E-state index contributed by atoms with van der Waals surface area (Å²) in [5.74, 6) is -0.995. The molecule has 1 aromatic rings. The number of rotatable bonds is 5. The van der Waals surface area contributed by atoms with Crippen molar-refractivity contribution in [3.8, 4) is 0 Å². The van der Waals surface area contributed by atoms with E-state index in [1.165, 1.54) is 12.1 Å². The Kier molecular flexibility index (Phi) is 4.88. The van der Waals surface area contributed by atoms with Gasteiger partial charge in [0.2, 0.25) is 0 Å². The monoisotopic (exact) mass is 268 g/mol. The molecular formula is C15H22F2N2. The molecule has 0 radical (unpaired) electrons. The van der Waals surface area contributed by atoms with Gasteiger partial charge in [0.1, 0.15) is 11.6 Å². The van der Waals surface area contributed by atoms with Crippen LogP contribution < -0.4 is 5.32 Å². The van der Waals surface area contributed by atoms with E-state index in [1.807, 2.05) is 6.92 Å². The van der Waals surface area contributed by atoms with Crippen molar-refractivity contribution in [3.63, 3.8) is 0 Å². The fourth-order valence-electron chi connectivity index (χ4n) is 2.88. The number of benzene rings is 1. The second-order valence-corrected chi connectivity index (χ2v) is 5.26. The van der Waals surface area contributed by atoms with Crippen LogP contribution in [0.25, 0.3) is 0 Å². The molecule has 1 aliphatic rings. The highest BCUT2D eigenvalue weighted by Crippen LogP contribution is 2.26. The Bertz CT molecular complexity index is 396. The maximum Gasteiger partial charge on any atom is 0.126 e. The van der Waals surface area contributed by atoms with Crippen LogP contribution >= 0.6 is 0 Å². The Morgan fingerprint density at radius 2 is 2.00 bits per heavy atom. The molecule has 0 saturated carbocycles. The van der Waals surface area contributed by atoms with Gasteiger partial charge in [-0.15, -0.1) is 0 Å². The summed E-state index contributed by atoms with van der Waals surface area (Å²) in [5.41, 5.74) is 0.720. The van der Waals surface area contributed by atoms with Gasteiger partial charge in [-0.1, -0.05) is 6.92 Å². The second-order valence-electron chi connectivity index (χ2n) is 5.26. The average molecular weight is 268 g/mol. The molecule has 0 aliphatic carbocycles. The maximum atomic E-state index is 13.3. The second kappa shape index (κ2) is 6.44. The zero-order valence-corrected chi connectivity index (χ0v) is 11.6. The van der Waals surface area contributed by atoms with Crippen LogP contribution in [0.4, 0.5) is 8.78 Å². The molecule has 19 heavy (non-hydrogen) atoms. The van der Waals surface area contributed by atoms with Crippen LogP contribution in [0.2, 0.25) is 0 Å². The topological polar surface area (TPSA) is 15.3 Å². The SMILES string of the molecule is CCCN(C1CCNC1)C(C)c1cc(F)cc(F)c1. The number of hydrogen-bond acceptors (Lipinski definition) is 2. The minimum Gasteiger partial charge on any atom is -0.315 e. The molecule has 0 amide bonds. The van der Waals surface area contributed by atoms with Crippen molar-refractivity contribution in [1.82, 2.24) is 10.2 Å². The number of hydrogen-bond donors (Lipinski definition) is 1. The highest BCUT2D eigenvalue weighted by atomic mass is 19.1. The lowest BCUT2D eigenvalue weighted by Crippen LogP contribution is -2.39. The average Bonchev–Trinajstić information content (AvgIpc) is 2.87. The van der Waals surface area contributed by atoms with Gasteiger partial charge in [-0.2, -0.15) is 0 Å². The zero-order chi connectivity index (χ0) is 13.8. The largest absolute Gasteiger partial charge is 0.315 e. The highest BCUT2D eigenvalue weighted by molar-refractivity contribution is 5.21. The van der Waals surface area contributed by atoms with Crippen LogP contribution in [-0.2, 0) is 0 Å². The summed E-state index contributed by atoms with van der Waals surface area (Å²) in [6.45, 7) is 7.10. The predicted molar refractivity (Wildman–Crippen MR) is 73.0 cm³/mol. The quantitative estimate of drug-likeness (QED) is 0.882. The van der Waals surface area contributed by atoms with Gasteiger partial charge in [0.05, 0.1) is 0 Å². The van der Waals surface area contributed by atoms with Crippen LogP contribution in [0.1, 0.15) is 38.3 Å². The van der Waals surface area contributed by atoms with Crippen molar-refractivity contribution >= 4 is 0 Å². The van der Waals surface area contributed by atoms with Gasteiger partial charge in [-0.3, -0.25) is 4.90 Å². The number of nitrogens with zero attached hydrogens (tertiary/aromatic N) is 1. The normalized spacial score (nSPS) is 21.0. The molecule has 0 bridgehead atoms. The molecule has 1 N–H and O–H groups in total. The molecule has 2 unspecified atom stereocenters. The summed E-state index contributed by atoms with van der Waals surface area (Å²) < 4.78 is 26.7. The first-order chi connectivity index (χ1) is 9.11. The summed E-state index contributed by atoms with van der Waals surface area (Å²) in [6.07, 6.45) is 2.14. The molecule has 1 saturated heterocycles. The van der Waals surface area contributed by atoms with Crippen molar-refractivity contribution in [3.05, 3.63) is 35.4 Å². The van der Waals surface area contributed by atoms with Crippen LogP contribution in [0, 0.1) is 11.6 Å². The van der Waals surface area contributed by atoms with Crippen LogP contribution in [0.5, 0.6) is 0 Å². The van der Waals surface area contributed by atoms with Gasteiger partial charge < -0.3 is 5.32 Å². The molecule has 4 heteroatoms. The van der Waals surface area contributed by atoms with E-state index in [2.05, 4.69) is 17.1 Å². The summed E-state index contributed by atoms with van der Waals surface area (Å²) in [6, 6.07) is 4.31. The van der Waals surface area contributed by atoms with Gasteiger partial charge in [-0.05, 0) is 50.6 Å². The van der Waals surface area contributed by atoms with Crippen LogP contribution in [-0.4, -0.2) is 30.6 Å². The Balaban J connectivity index is 2.19. The van der Waals surface area contributed by atoms with Gasteiger partial charge >= 0.3 is 0 Å². The molecule has 0 spiro atoms. The predicted octanol–water partition coefficient (Wildman–Crippen LogP) is 3.10. The molecule has 2 nitrogen and oxygen atoms in total. The van der Waals surface area contributed by atoms with Crippen molar-refractivity contribution in [2.24, 2.45) is 0 Å². The Morgan fingerprint density at radius 3 is 2.53 bits per heavy atom. The fourth-order valence-corrected chi connectivity index (χ4v) is 2.88. The fraction of sp³-hybridized carbons (Fsp3) is 0.600. The van der Waals surface area contributed by atoms with E-state index in [1.54, 1.807) is 0 Å². The van der Waals surface area contributed by atoms with E-state index in [-0.39, 0.29) is 6.04 Å².